The van der Waals surface area contributed by atoms with Crippen LogP contribution >= 0.6 is 12.4 Å². The van der Waals surface area contributed by atoms with Gasteiger partial charge in [-0.2, -0.15) is 0 Å². The van der Waals surface area contributed by atoms with E-state index < -0.39 is 18.1 Å². The minimum Gasteiger partial charge on any atom is -0.467 e. The maximum atomic E-state index is 11.8. The molecule has 0 aliphatic heterocycles. The summed E-state index contributed by atoms with van der Waals surface area (Å²) in [6, 6.07) is 8.42. The van der Waals surface area contributed by atoms with Gasteiger partial charge in [-0.15, -0.1) is 12.4 Å². The van der Waals surface area contributed by atoms with Crippen LogP contribution in [0.3, 0.4) is 0 Å². The number of rotatable bonds is 8. The zero-order valence-electron chi connectivity index (χ0n) is 13.4. The summed E-state index contributed by atoms with van der Waals surface area (Å²) in [6.07, 6.45) is 0.159. The Labute approximate surface area is 147 Å². The topological polar surface area (TPSA) is 129 Å². The highest BCUT2D eigenvalue weighted by Crippen LogP contribution is 2.03. The van der Waals surface area contributed by atoms with E-state index in [2.05, 4.69) is 15.0 Å². The minimum absolute atomic E-state index is 0. The number of methoxy groups -OCH3 is 1. The SMILES string of the molecule is COC(=O)[C@H](CCCN=C(N)N)NC(=O)OCc1ccccc1.Cl. The number of nitrogens with two attached hydrogens (primary N) is 2. The fraction of sp³-hybridized carbons (Fsp3) is 0.400. The fourth-order valence-electron chi connectivity index (χ4n) is 1.80. The van der Waals surface area contributed by atoms with Gasteiger partial charge in [-0.3, -0.25) is 4.99 Å². The summed E-state index contributed by atoms with van der Waals surface area (Å²) in [4.78, 5) is 27.3. The molecule has 1 atom stereocenters. The largest absolute Gasteiger partial charge is 0.467 e. The van der Waals surface area contributed by atoms with Crippen molar-refractivity contribution in [1.82, 2.24) is 5.32 Å². The lowest BCUT2D eigenvalue weighted by atomic mass is 10.1. The Hall–Kier alpha value is -2.48. The van der Waals surface area contributed by atoms with E-state index in [1.165, 1.54) is 7.11 Å². The molecule has 9 heteroatoms. The van der Waals surface area contributed by atoms with Gasteiger partial charge in [-0.25, -0.2) is 9.59 Å². The highest BCUT2D eigenvalue weighted by atomic mass is 35.5. The molecule has 0 bridgehead atoms. The standard InChI is InChI=1S/C15H22N4O4.ClH/c1-22-13(20)12(8-5-9-18-14(16)17)19-15(21)23-10-11-6-3-2-4-7-11;/h2-4,6-7,12H,5,8-10H2,1H3,(H,19,21)(H4,16,17,18);1H/t12-;/m0./s1. The van der Waals surface area contributed by atoms with Gasteiger partial charge in [0.2, 0.25) is 0 Å². The van der Waals surface area contributed by atoms with Crippen LogP contribution in [-0.4, -0.2) is 37.7 Å². The number of hydrogen-bond acceptors (Lipinski definition) is 5. The predicted octanol–water partition coefficient (Wildman–Crippen LogP) is 0.930. The number of guanidine groups is 1. The van der Waals surface area contributed by atoms with Gasteiger partial charge in [0.15, 0.2) is 5.96 Å². The van der Waals surface area contributed by atoms with E-state index in [4.69, 9.17) is 16.2 Å². The highest BCUT2D eigenvalue weighted by molar-refractivity contribution is 5.85. The number of aliphatic imine (C=N–C) groups is 1. The molecule has 0 aliphatic rings. The molecule has 134 valence electrons. The third-order valence-electron chi connectivity index (χ3n) is 2.94. The van der Waals surface area contributed by atoms with Crippen molar-refractivity contribution in [3.63, 3.8) is 0 Å². The zero-order chi connectivity index (χ0) is 17.1. The second kappa shape index (κ2) is 12.0. The van der Waals surface area contributed by atoms with Crippen LogP contribution in [0.5, 0.6) is 0 Å². The second-order valence-corrected chi connectivity index (χ2v) is 4.73. The van der Waals surface area contributed by atoms with Gasteiger partial charge in [0.1, 0.15) is 12.6 Å². The van der Waals surface area contributed by atoms with E-state index in [0.717, 1.165) is 5.56 Å². The van der Waals surface area contributed by atoms with Crippen molar-refractivity contribution in [1.29, 1.82) is 0 Å². The number of carbonyl (C=O) groups is 2. The molecule has 0 saturated carbocycles. The molecule has 0 aliphatic carbocycles. The Morgan fingerprint density at radius 1 is 1.25 bits per heavy atom. The van der Waals surface area contributed by atoms with Crippen LogP contribution in [0.15, 0.2) is 35.3 Å². The number of benzene rings is 1. The predicted molar refractivity (Wildman–Crippen MR) is 92.7 cm³/mol. The minimum atomic E-state index is -0.808. The lowest BCUT2D eigenvalue weighted by molar-refractivity contribution is -0.143. The first kappa shape index (κ1) is 21.5. The first-order valence-corrected chi connectivity index (χ1v) is 7.13. The molecule has 5 N–H and O–H groups in total. The first-order chi connectivity index (χ1) is 11.0. The van der Waals surface area contributed by atoms with E-state index in [-0.39, 0.29) is 25.0 Å². The number of hydrogen-bond donors (Lipinski definition) is 3. The van der Waals surface area contributed by atoms with Gasteiger partial charge in [-0.1, -0.05) is 30.3 Å². The fourth-order valence-corrected chi connectivity index (χ4v) is 1.80. The van der Waals surface area contributed by atoms with Gasteiger partial charge in [-0.05, 0) is 18.4 Å². The van der Waals surface area contributed by atoms with Crippen LogP contribution in [0.25, 0.3) is 0 Å². The highest BCUT2D eigenvalue weighted by Gasteiger charge is 2.21. The Morgan fingerprint density at radius 3 is 2.50 bits per heavy atom. The van der Waals surface area contributed by atoms with Crippen molar-refractivity contribution >= 4 is 30.4 Å². The van der Waals surface area contributed by atoms with E-state index >= 15 is 0 Å². The summed E-state index contributed by atoms with van der Waals surface area (Å²) >= 11 is 0. The molecule has 1 aromatic carbocycles. The molecule has 0 saturated heterocycles. The number of nitrogens with one attached hydrogen (secondary N) is 1. The van der Waals surface area contributed by atoms with Crippen molar-refractivity contribution < 1.29 is 19.1 Å². The molecular formula is C15H23ClN4O4. The second-order valence-electron chi connectivity index (χ2n) is 4.73. The molecule has 1 amide bonds. The smallest absolute Gasteiger partial charge is 0.408 e. The molecule has 0 unspecified atom stereocenters. The van der Waals surface area contributed by atoms with Crippen molar-refractivity contribution in [3.8, 4) is 0 Å². The van der Waals surface area contributed by atoms with Gasteiger partial charge in [0.25, 0.3) is 0 Å². The van der Waals surface area contributed by atoms with Gasteiger partial charge < -0.3 is 26.3 Å². The van der Waals surface area contributed by atoms with Crippen LogP contribution in [0, 0.1) is 0 Å². The Morgan fingerprint density at radius 2 is 1.92 bits per heavy atom. The number of alkyl carbamates (subject to hydrolysis) is 1. The van der Waals surface area contributed by atoms with Gasteiger partial charge >= 0.3 is 12.1 Å². The normalized spacial score (nSPS) is 10.7. The molecule has 0 fully saturated rings. The monoisotopic (exact) mass is 358 g/mol. The number of amides is 1. The van der Waals surface area contributed by atoms with Crippen LogP contribution in [0.1, 0.15) is 18.4 Å². The Kier molecular flexibility index (Phi) is 10.8. The number of ether oxygens (including phenoxy) is 2. The molecular weight excluding hydrogens is 336 g/mol. The Bertz CT molecular complexity index is 536. The Balaban J connectivity index is 0.00000529. The van der Waals surface area contributed by atoms with E-state index in [0.29, 0.717) is 19.4 Å². The number of nitrogens with zero attached hydrogens (tertiary/aromatic N) is 1. The lowest BCUT2D eigenvalue weighted by Gasteiger charge is -2.16. The summed E-state index contributed by atoms with van der Waals surface area (Å²) in [5, 5.41) is 2.48. The summed E-state index contributed by atoms with van der Waals surface area (Å²) in [5.74, 6) is -0.568. The maximum absolute atomic E-state index is 11.8. The summed E-state index contributed by atoms with van der Waals surface area (Å²) in [6.45, 7) is 0.477. The van der Waals surface area contributed by atoms with Gasteiger partial charge in [0.05, 0.1) is 7.11 Å². The number of esters is 1. The summed E-state index contributed by atoms with van der Waals surface area (Å²) < 4.78 is 9.73. The number of carbonyl (C=O) groups excluding carboxylic acids is 2. The third-order valence-corrected chi connectivity index (χ3v) is 2.94. The molecule has 1 aromatic rings. The molecule has 24 heavy (non-hydrogen) atoms. The maximum Gasteiger partial charge on any atom is 0.408 e. The van der Waals surface area contributed by atoms with E-state index in [1.807, 2.05) is 30.3 Å². The van der Waals surface area contributed by atoms with E-state index in [9.17, 15) is 9.59 Å². The third kappa shape index (κ3) is 8.84. The van der Waals surface area contributed by atoms with Crippen molar-refractivity contribution in [2.24, 2.45) is 16.5 Å². The molecule has 0 spiro atoms. The zero-order valence-corrected chi connectivity index (χ0v) is 14.3. The summed E-state index contributed by atoms with van der Waals surface area (Å²) in [5.41, 5.74) is 11.3. The van der Waals surface area contributed by atoms with Crippen LogP contribution in [0.4, 0.5) is 4.79 Å². The molecule has 1 rings (SSSR count). The molecule has 8 nitrogen and oxygen atoms in total. The molecule has 0 aromatic heterocycles. The quantitative estimate of drug-likeness (QED) is 0.274. The van der Waals surface area contributed by atoms with Crippen molar-refractivity contribution in [2.75, 3.05) is 13.7 Å². The molecule has 0 heterocycles. The molecule has 0 radical (unpaired) electrons. The van der Waals surface area contributed by atoms with Crippen molar-refractivity contribution in [3.05, 3.63) is 35.9 Å². The van der Waals surface area contributed by atoms with E-state index in [1.54, 1.807) is 0 Å². The lowest BCUT2D eigenvalue weighted by Crippen LogP contribution is -2.41. The average Bonchev–Trinajstić information content (AvgIpc) is 2.55. The van der Waals surface area contributed by atoms with Gasteiger partial charge in [0, 0.05) is 6.54 Å². The van der Waals surface area contributed by atoms with Crippen LogP contribution in [0.2, 0.25) is 0 Å². The summed E-state index contributed by atoms with van der Waals surface area (Å²) in [7, 11) is 1.25. The first-order valence-electron chi connectivity index (χ1n) is 7.13. The van der Waals surface area contributed by atoms with Crippen molar-refractivity contribution in [2.45, 2.75) is 25.5 Å². The average molecular weight is 359 g/mol. The van der Waals surface area contributed by atoms with Crippen LogP contribution in [-0.2, 0) is 20.9 Å². The van der Waals surface area contributed by atoms with Crippen LogP contribution < -0.4 is 16.8 Å². The number of halogens is 1.